The Balaban J connectivity index is 1.84. The van der Waals surface area contributed by atoms with Gasteiger partial charge < -0.3 is 19.6 Å². The zero-order valence-electron chi connectivity index (χ0n) is 17.8. The van der Waals surface area contributed by atoms with Gasteiger partial charge in [-0.1, -0.05) is 43.7 Å². The van der Waals surface area contributed by atoms with Crippen LogP contribution in [0.5, 0.6) is 5.75 Å². The molecule has 6 nitrogen and oxygen atoms in total. The number of nitrogens with zero attached hydrogens (tertiary/aromatic N) is 1. The summed E-state index contributed by atoms with van der Waals surface area (Å²) < 4.78 is 12.2. The molecule has 1 unspecified atom stereocenters. The number of rotatable bonds is 7. The highest BCUT2D eigenvalue weighted by Gasteiger charge is 2.42. The van der Waals surface area contributed by atoms with E-state index < -0.39 is 11.6 Å². The first kappa shape index (κ1) is 21.0. The van der Waals surface area contributed by atoms with Gasteiger partial charge in [0.1, 0.15) is 18.0 Å². The van der Waals surface area contributed by atoms with Gasteiger partial charge in [-0.15, -0.1) is 0 Å². The van der Waals surface area contributed by atoms with Crippen molar-refractivity contribution >= 4 is 16.9 Å². The van der Waals surface area contributed by atoms with Crippen LogP contribution in [0.1, 0.15) is 54.1 Å². The van der Waals surface area contributed by atoms with Crippen molar-refractivity contribution in [3.8, 4) is 11.8 Å². The second-order valence-corrected chi connectivity index (χ2v) is 8.08. The average molecular weight is 418 g/mol. The number of carbonyl (C=O) groups is 1. The Labute approximate surface area is 181 Å². The summed E-state index contributed by atoms with van der Waals surface area (Å²) in [5.74, 6) is -0.254. The maximum absolute atomic E-state index is 11.7. The van der Waals surface area contributed by atoms with Gasteiger partial charge >= 0.3 is 5.97 Å². The number of aryl methyl sites for hydroxylation is 1. The summed E-state index contributed by atoms with van der Waals surface area (Å²) in [7, 11) is 0. The molecule has 0 aliphatic carbocycles. The molecular formula is C25H26N2O4. The molecule has 4 rings (SSSR count). The number of hydrogen-bond acceptors (Lipinski definition) is 4. The van der Waals surface area contributed by atoms with Gasteiger partial charge in [-0.25, -0.2) is 0 Å². The average Bonchev–Trinajstić information content (AvgIpc) is 3.16. The molecule has 0 fully saturated rings. The van der Waals surface area contributed by atoms with E-state index in [0.29, 0.717) is 37.4 Å². The molecule has 0 bridgehead atoms. The molecule has 0 saturated heterocycles. The number of benzene rings is 2. The first-order valence-electron chi connectivity index (χ1n) is 10.6. The van der Waals surface area contributed by atoms with Crippen molar-refractivity contribution < 1.29 is 19.4 Å². The predicted octanol–water partition coefficient (Wildman–Crippen LogP) is 4.97. The molecule has 0 spiro atoms. The zero-order valence-corrected chi connectivity index (χ0v) is 17.8. The number of H-pyrrole nitrogens is 1. The van der Waals surface area contributed by atoms with Crippen molar-refractivity contribution in [1.82, 2.24) is 4.98 Å². The summed E-state index contributed by atoms with van der Waals surface area (Å²) >= 11 is 0. The summed E-state index contributed by atoms with van der Waals surface area (Å²) in [6.45, 7) is 4.82. The van der Waals surface area contributed by atoms with E-state index in [4.69, 9.17) is 9.47 Å². The van der Waals surface area contributed by atoms with Crippen molar-refractivity contribution in [2.75, 3.05) is 6.61 Å². The second-order valence-electron chi connectivity index (χ2n) is 8.08. The largest absolute Gasteiger partial charge is 0.489 e. The number of fused-ring (bicyclic) bond motifs is 3. The highest BCUT2D eigenvalue weighted by atomic mass is 16.5. The maximum Gasteiger partial charge on any atom is 0.306 e. The lowest BCUT2D eigenvalue weighted by Crippen LogP contribution is -2.37. The molecule has 1 aliphatic rings. The third-order valence-electron chi connectivity index (χ3n) is 6.03. The van der Waals surface area contributed by atoms with Crippen LogP contribution in [0.15, 0.2) is 36.4 Å². The number of aromatic amines is 1. The Morgan fingerprint density at radius 2 is 2.13 bits per heavy atom. The smallest absolute Gasteiger partial charge is 0.306 e. The molecule has 160 valence electrons. The summed E-state index contributed by atoms with van der Waals surface area (Å²) in [6, 6.07) is 14.0. The van der Waals surface area contributed by atoms with E-state index in [-0.39, 0.29) is 6.42 Å². The number of carboxylic acid groups (broad SMARTS) is 1. The highest BCUT2D eigenvalue weighted by molar-refractivity contribution is 5.94. The lowest BCUT2D eigenvalue weighted by molar-refractivity contribution is -0.149. The number of ether oxygens (including phenoxy) is 2. The Morgan fingerprint density at radius 3 is 2.81 bits per heavy atom. The van der Waals surface area contributed by atoms with Crippen LogP contribution in [0.3, 0.4) is 0 Å². The first-order valence-corrected chi connectivity index (χ1v) is 10.6. The fourth-order valence-corrected chi connectivity index (χ4v) is 4.66. The van der Waals surface area contributed by atoms with Crippen molar-refractivity contribution in [2.45, 2.75) is 51.7 Å². The van der Waals surface area contributed by atoms with E-state index in [1.807, 2.05) is 44.2 Å². The van der Waals surface area contributed by atoms with Crippen LogP contribution in [-0.2, 0) is 28.2 Å². The molecule has 1 aliphatic heterocycles. The quantitative estimate of drug-likeness (QED) is 0.565. The zero-order chi connectivity index (χ0) is 22.0. The third kappa shape index (κ3) is 3.77. The lowest BCUT2D eigenvalue weighted by atomic mass is 9.84. The maximum atomic E-state index is 11.7. The highest BCUT2D eigenvalue weighted by Crippen LogP contribution is 2.45. The standard InChI is InChI=1S/C25H26N2O4/c1-3-10-25(13-21(28)29)24-19(9-11-31-25)22-18(14-26)12-20(16(2)23(22)27-24)30-15-17-7-5-4-6-8-17/h4-8,12,27H,3,9-11,13,15H2,1-2H3,(H,28,29). The van der Waals surface area contributed by atoms with Gasteiger partial charge in [0.25, 0.3) is 0 Å². The van der Waals surface area contributed by atoms with Gasteiger partial charge in [0.05, 0.1) is 35.9 Å². The van der Waals surface area contributed by atoms with Crippen LogP contribution in [0.4, 0.5) is 0 Å². The molecule has 2 N–H and O–H groups in total. The molecular weight excluding hydrogens is 392 g/mol. The van der Waals surface area contributed by atoms with E-state index in [9.17, 15) is 15.2 Å². The second kappa shape index (κ2) is 8.44. The Bertz CT molecular complexity index is 1160. The first-order chi connectivity index (χ1) is 15.0. The number of carboxylic acids is 1. The van der Waals surface area contributed by atoms with Crippen molar-refractivity contribution in [1.29, 1.82) is 5.26 Å². The van der Waals surface area contributed by atoms with Gasteiger partial charge in [0.2, 0.25) is 0 Å². The number of nitriles is 1. The van der Waals surface area contributed by atoms with Crippen LogP contribution in [0.2, 0.25) is 0 Å². The minimum atomic E-state index is -0.905. The summed E-state index contributed by atoms with van der Waals surface area (Å²) in [4.78, 5) is 15.1. The van der Waals surface area contributed by atoms with Crippen LogP contribution in [0.25, 0.3) is 10.9 Å². The van der Waals surface area contributed by atoms with E-state index in [1.54, 1.807) is 6.07 Å². The van der Waals surface area contributed by atoms with Gasteiger partial charge in [0.15, 0.2) is 0 Å². The molecule has 0 saturated carbocycles. The molecule has 6 heteroatoms. The molecule has 1 aromatic heterocycles. The van der Waals surface area contributed by atoms with Crippen molar-refractivity contribution in [3.05, 3.63) is 64.3 Å². The monoisotopic (exact) mass is 418 g/mol. The molecule has 0 radical (unpaired) electrons. The summed E-state index contributed by atoms with van der Waals surface area (Å²) in [5, 5.41) is 20.3. The van der Waals surface area contributed by atoms with E-state index in [1.165, 1.54) is 0 Å². The summed E-state index contributed by atoms with van der Waals surface area (Å²) in [6.07, 6.45) is 1.91. The number of hydrogen-bond donors (Lipinski definition) is 2. The molecule has 2 heterocycles. The molecule has 0 amide bonds. The number of aromatic nitrogens is 1. The predicted molar refractivity (Wildman–Crippen MR) is 117 cm³/mol. The van der Waals surface area contributed by atoms with Gasteiger partial charge in [-0.3, -0.25) is 4.79 Å². The fourth-order valence-electron chi connectivity index (χ4n) is 4.66. The third-order valence-corrected chi connectivity index (χ3v) is 6.03. The fraction of sp³-hybridized carbons (Fsp3) is 0.360. The van der Waals surface area contributed by atoms with Gasteiger partial charge in [-0.2, -0.15) is 5.26 Å². The molecule has 3 aromatic rings. The normalized spacial score (nSPS) is 17.8. The lowest BCUT2D eigenvalue weighted by Gasteiger charge is -2.36. The van der Waals surface area contributed by atoms with Gasteiger partial charge in [-0.05, 0) is 37.0 Å². The van der Waals surface area contributed by atoms with E-state index in [0.717, 1.165) is 39.7 Å². The molecule has 2 aromatic carbocycles. The van der Waals surface area contributed by atoms with E-state index >= 15 is 0 Å². The SMILES string of the molecule is CCCC1(CC(=O)O)OCCc2c1[nH]c1c(C)c(OCc3ccccc3)cc(C#N)c21. The van der Waals surface area contributed by atoms with Crippen LogP contribution in [0, 0.1) is 18.3 Å². The van der Waals surface area contributed by atoms with Crippen LogP contribution >= 0.6 is 0 Å². The van der Waals surface area contributed by atoms with Crippen molar-refractivity contribution in [2.24, 2.45) is 0 Å². The Morgan fingerprint density at radius 1 is 1.35 bits per heavy atom. The summed E-state index contributed by atoms with van der Waals surface area (Å²) in [5.41, 5.74) is 4.18. The topological polar surface area (TPSA) is 95.3 Å². The number of aliphatic carboxylic acids is 1. The van der Waals surface area contributed by atoms with Gasteiger partial charge in [0, 0.05) is 10.9 Å². The minimum absolute atomic E-state index is 0.112. The van der Waals surface area contributed by atoms with Crippen LogP contribution in [-0.4, -0.2) is 22.7 Å². The Kier molecular flexibility index (Phi) is 5.71. The molecule has 31 heavy (non-hydrogen) atoms. The Hall–Kier alpha value is -3.30. The molecule has 1 atom stereocenters. The van der Waals surface area contributed by atoms with Crippen molar-refractivity contribution in [3.63, 3.8) is 0 Å². The van der Waals surface area contributed by atoms with E-state index in [2.05, 4.69) is 11.1 Å². The number of nitrogens with one attached hydrogen (secondary N) is 1. The van der Waals surface area contributed by atoms with Crippen LogP contribution < -0.4 is 4.74 Å². The minimum Gasteiger partial charge on any atom is -0.489 e.